The molecule has 0 saturated heterocycles. The summed E-state index contributed by atoms with van der Waals surface area (Å²) in [7, 11) is -5.64. The minimum Gasteiger partial charge on any atom is -0.543 e. The van der Waals surface area contributed by atoms with Crippen molar-refractivity contribution >= 4 is 53.0 Å². The summed E-state index contributed by atoms with van der Waals surface area (Å²) < 4.78 is 24.1. The minimum atomic E-state index is -4.93. The number of hydrogen-bond acceptors (Lipinski definition) is 7. The van der Waals surface area contributed by atoms with Crippen molar-refractivity contribution in [3.63, 3.8) is 0 Å². The Balaban J connectivity index is 4.46. The van der Waals surface area contributed by atoms with E-state index >= 15 is 0 Å². The van der Waals surface area contributed by atoms with Crippen molar-refractivity contribution in [3.05, 3.63) is 0 Å². The molecule has 0 fully saturated rings. The van der Waals surface area contributed by atoms with Crippen LogP contribution in [-0.2, 0) is 41.8 Å². The summed E-state index contributed by atoms with van der Waals surface area (Å²) >= 11 is 9.26. The first-order valence-electron chi connectivity index (χ1n) is 3.17. The molecule has 0 amide bonds. The van der Waals surface area contributed by atoms with Crippen LogP contribution in [0.5, 0.6) is 0 Å². The molecule has 2 unspecified atom stereocenters. The Morgan fingerprint density at radius 3 is 2.31 bits per heavy atom. The summed E-state index contributed by atoms with van der Waals surface area (Å²) in [5, 5.41) is 8.50. The van der Waals surface area contributed by atoms with Crippen LogP contribution in [0.3, 0.4) is 0 Å². The molecule has 16 heavy (non-hydrogen) atoms. The largest absolute Gasteiger partial charge is 0.543 e. The van der Waals surface area contributed by atoms with Crippen LogP contribution < -0.4 is 0 Å². The average Bonchev–Trinajstić information content (AvgIpc) is 1.93. The smallest absolute Gasteiger partial charge is 0.476 e. The van der Waals surface area contributed by atoms with Gasteiger partial charge in [0, 0.05) is 0 Å². The summed E-state index contributed by atoms with van der Waals surface area (Å²) in [6.07, 6.45) is 0. The van der Waals surface area contributed by atoms with Crippen LogP contribution in [0, 0.1) is 0 Å². The summed E-state index contributed by atoms with van der Waals surface area (Å²) in [5.74, 6) is 0. The van der Waals surface area contributed by atoms with Crippen LogP contribution >= 0.6 is 21.3 Å². The summed E-state index contributed by atoms with van der Waals surface area (Å²) in [5.41, 5.74) is 0. The second-order valence-corrected chi connectivity index (χ2v) is 8.11. The van der Waals surface area contributed by atoms with E-state index in [-0.39, 0.29) is 13.2 Å². The minimum absolute atomic E-state index is 0.0774. The molecule has 8 nitrogen and oxygen atoms in total. The summed E-state index contributed by atoms with van der Waals surface area (Å²) in [6, 6.07) is 0. The maximum Gasteiger partial charge on any atom is 0.476 e. The Labute approximate surface area is 104 Å². The van der Waals surface area contributed by atoms with Crippen molar-refractivity contribution in [2.24, 2.45) is 0 Å². The van der Waals surface area contributed by atoms with Gasteiger partial charge in [-0.25, -0.2) is 8.88 Å². The molecule has 0 aliphatic rings. The second-order valence-electron chi connectivity index (χ2n) is 1.90. The fourth-order valence-electron chi connectivity index (χ4n) is 0.372. The molecule has 0 aromatic carbocycles. The zero-order valence-electron chi connectivity index (χ0n) is 6.99. The fraction of sp³-hybridized carbons (Fsp3) is 1.00. The Hall–Kier alpha value is 1.44. The molecule has 0 spiro atoms. The van der Waals surface area contributed by atoms with E-state index in [1.165, 1.54) is 0 Å². The van der Waals surface area contributed by atoms with Crippen molar-refractivity contribution < 1.29 is 37.5 Å². The molecule has 0 aromatic rings. The molecule has 2 atom stereocenters. The molecule has 0 aliphatic carbocycles. The number of aliphatic hydroxyl groups excluding tert-OH is 1. The number of phosphoric acid groups is 1. The van der Waals surface area contributed by atoms with Gasteiger partial charge in [0.2, 0.25) is 0 Å². The Bertz CT molecular complexity index is 316. The van der Waals surface area contributed by atoms with E-state index in [0.717, 1.165) is 0 Å². The van der Waals surface area contributed by atoms with Crippen LogP contribution in [0.2, 0.25) is 0 Å². The molecule has 0 aromatic heterocycles. The zero-order valence-corrected chi connectivity index (χ0v) is 11.3. The molecular weight excluding hydrogens is 320 g/mol. The molecule has 14 heteroatoms. The topological polar surface area (TPSA) is 126 Å². The molecule has 0 bridgehead atoms. The van der Waals surface area contributed by atoms with E-state index in [1.807, 2.05) is 0 Å². The maximum absolute atomic E-state index is 10.5. The fourth-order valence-corrected chi connectivity index (χ4v) is 5.67. The Morgan fingerprint density at radius 2 is 1.94 bits per heavy atom. The highest BCUT2D eigenvalue weighted by molar-refractivity contribution is 8.48. The van der Waals surface area contributed by atoms with Gasteiger partial charge in [0.05, 0.1) is 6.61 Å². The van der Waals surface area contributed by atoms with Crippen LogP contribution in [0.25, 0.3) is 0 Å². The highest BCUT2D eigenvalue weighted by Gasteiger charge is 2.33. The lowest BCUT2D eigenvalue weighted by molar-refractivity contribution is 0.201. The van der Waals surface area contributed by atoms with Gasteiger partial charge in [0.15, 0.2) is 7.57 Å². The van der Waals surface area contributed by atoms with Crippen LogP contribution in [-0.4, -0.2) is 40.6 Å². The average molecular weight is 331 g/mol. The second kappa shape index (κ2) is 6.56. The third-order valence-electron chi connectivity index (χ3n) is 0.667. The van der Waals surface area contributed by atoms with E-state index < -0.39 is 28.9 Å². The van der Waals surface area contributed by atoms with Crippen LogP contribution in [0.1, 0.15) is 0 Å². The first-order chi connectivity index (χ1) is 6.97. The van der Waals surface area contributed by atoms with Gasteiger partial charge in [-0.15, -0.1) is 0 Å². The van der Waals surface area contributed by atoms with Crippen molar-refractivity contribution in [1.82, 2.24) is 0 Å². The lowest BCUT2D eigenvalue weighted by atomic mass is 10.8. The van der Waals surface area contributed by atoms with Crippen molar-refractivity contribution in [2.45, 2.75) is 0 Å². The van der Waals surface area contributed by atoms with Gasteiger partial charge in [-0.05, 0) is 18.6 Å². The molecule has 4 N–H and O–H groups in total. The van der Waals surface area contributed by atoms with Gasteiger partial charge >= 0.3 is 14.5 Å². The van der Waals surface area contributed by atoms with E-state index in [4.69, 9.17) is 36.0 Å². The summed E-state index contributed by atoms with van der Waals surface area (Å²) in [4.78, 5) is 26.2. The predicted molar refractivity (Wildman–Crippen MR) is 68.0 cm³/mol. The summed E-state index contributed by atoms with van der Waals surface area (Å²) in [6.45, 7) is -7.22. The molecule has 0 radical (unpaired) electrons. The van der Waals surface area contributed by atoms with Gasteiger partial charge < -0.3 is 32.0 Å². The number of aliphatic hydroxyl groups is 1. The highest BCUT2D eigenvalue weighted by Crippen LogP contribution is 2.70. The lowest BCUT2D eigenvalue weighted by Crippen LogP contribution is -2.04. The van der Waals surface area contributed by atoms with Crippen molar-refractivity contribution in [2.75, 3.05) is 13.2 Å². The maximum atomic E-state index is 10.5. The van der Waals surface area contributed by atoms with E-state index in [2.05, 4.69) is 16.1 Å². The molecule has 0 heterocycles. The van der Waals surface area contributed by atoms with Crippen LogP contribution in [0.15, 0.2) is 0 Å². The van der Waals surface area contributed by atoms with Gasteiger partial charge in [-0.3, -0.25) is 4.52 Å². The molecule has 0 aliphatic heterocycles. The first-order valence-corrected chi connectivity index (χ1v) is 9.48. The Morgan fingerprint density at radius 1 is 1.44 bits per heavy atom. The number of rotatable bonds is 7. The van der Waals surface area contributed by atoms with Crippen molar-refractivity contribution in [1.29, 1.82) is 0 Å². The lowest BCUT2D eigenvalue weighted by Gasteiger charge is -2.33. The normalized spacial score (nSPS) is 20.1. The van der Waals surface area contributed by atoms with E-state index in [1.54, 1.807) is 0 Å². The molecular formula is C2H11BO8P3S2-. The quantitative estimate of drug-likeness (QED) is 0.260. The van der Waals surface area contributed by atoms with Gasteiger partial charge in [0.1, 0.15) is 6.61 Å². The Kier molecular flexibility index (Phi) is 7.16. The highest BCUT2D eigenvalue weighted by atomic mass is 32.7. The predicted octanol–water partition coefficient (Wildman–Crippen LogP) is -1.07. The van der Waals surface area contributed by atoms with Gasteiger partial charge in [-0.2, -0.15) is 4.31 Å². The monoisotopic (exact) mass is 331 g/mol. The van der Waals surface area contributed by atoms with Gasteiger partial charge in [0.25, 0.3) is 0 Å². The SMILES string of the molecule is [BH3-][P+]([S-])(OCCO)OP(O)(=S)OP(=O)(O)O. The third-order valence-corrected chi connectivity index (χ3v) is 6.21. The van der Waals surface area contributed by atoms with Gasteiger partial charge in [-0.1, -0.05) is 0 Å². The van der Waals surface area contributed by atoms with E-state index in [0.29, 0.717) is 0 Å². The molecule has 0 rings (SSSR count). The first kappa shape index (κ1) is 17.4. The standard InChI is InChI=1S/C2H11BO8P3S2/c3-12(15,9-2-1-4)10-14(8,16)11-13(5,6)7/h4H,1-2H2,3H3,(H,8,16)(H2,5,6,7)/q-1. The molecule has 0 saturated carbocycles. The third kappa shape index (κ3) is 9.47. The zero-order chi connectivity index (χ0) is 13.0. The molecule has 98 valence electrons. The van der Waals surface area contributed by atoms with E-state index in [9.17, 15) is 9.46 Å². The number of hydrogen-bond donors (Lipinski definition) is 4. The van der Waals surface area contributed by atoms with Crippen molar-refractivity contribution in [3.8, 4) is 0 Å². The van der Waals surface area contributed by atoms with Crippen LogP contribution in [0.4, 0.5) is 0 Å².